The van der Waals surface area contributed by atoms with Crippen LogP contribution in [-0.2, 0) is 6.42 Å². The van der Waals surface area contributed by atoms with Crippen LogP contribution < -0.4 is 10.6 Å². The van der Waals surface area contributed by atoms with Crippen LogP contribution >= 0.6 is 35.3 Å². The lowest BCUT2D eigenvalue weighted by Crippen LogP contribution is -2.40. The van der Waals surface area contributed by atoms with Crippen molar-refractivity contribution >= 4 is 41.3 Å². The van der Waals surface area contributed by atoms with E-state index in [9.17, 15) is 0 Å². The lowest BCUT2D eigenvalue weighted by molar-refractivity contribution is 0.481. The molecule has 0 bridgehead atoms. The molecular formula is C16H31IN4S. The van der Waals surface area contributed by atoms with Crippen molar-refractivity contribution in [2.75, 3.05) is 20.1 Å². The minimum absolute atomic E-state index is 0. The van der Waals surface area contributed by atoms with E-state index in [2.05, 4.69) is 53.7 Å². The van der Waals surface area contributed by atoms with Gasteiger partial charge in [0.05, 0.1) is 10.7 Å². The van der Waals surface area contributed by atoms with Crippen molar-refractivity contribution in [3.05, 3.63) is 16.1 Å². The zero-order valence-electron chi connectivity index (χ0n) is 14.5. The van der Waals surface area contributed by atoms with Crippen LogP contribution in [0.5, 0.6) is 0 Å². The number of rotatable bonds is 8. The Morgan fingerprint density at radius 1 is 1.27 bits per heavy atom. The highest BCUT2D eigenvalue weighted by molar-refractivity contribution is 14.0. The lowest BCUT2D eigenvalue weighted by Gasteiger charge is -2.16. The predicted octanol–water partition coefficient (Wildman–Crippen LogP) is 4.03. The second-order valence-electron chi connectivity index (χ2n) is 5.64. The monoisotopic (exact) mass is 438 g/mol. The van der Waals surface area contributed by atoms with Gasteiger partial charge in [0.25, 0.3) is 0 Å². The second-order valence-corrected chi connectivity index (χ2v) is 6.53. The molecule has 0 aliphatic rings. The van der Waals surface area contributed by atoms with Gasteiger partial charge in [-0.1, -0.05) is 40.5 Å². The second kappa shape index (κ2) is 12.1. The Hall–Kier alpha value is -0.370. The van der Waals surface area contributed by atoms with Crippen molar-refractivity contribution < 1.29 is 0 Å². The molecule has 0 amide bonds. The van der Waals surface area contributed by atoms with Gasteiger partial charge in [-0.2, -0.15) is 0 Å². The van der Waals surface area contributed by atoms with Crippen molar-refractivity contribution in [2.45, 2.75) is 52.9 Å². The quantitative estimate of drug-likeness (QED) is 0.366. The highest BCUT2D eigenvalue weighted by Crippen LogP contribution is 2.19. The summed E-state index contributed by atoms with van der Waals surface area (Å²) in [5, 5.41) is 10.2. The fourth-order valence-electron chi connectivity index (χ4n) is 2.05. The van der Waals surface area contributed by atoms with Crippen LogP contribution in [0.1, 0.15) is 57.2 Å². The zero-order chi connectivity index (χ0) is 15.7. The summed E-state index contributed by atoms with van der Waals surface area (Å²) in [4.78, 5) is 8.92. The molecule has 0 fully saturated rings. The summed E-state index contributed by atoms with van der Waals surface area (Å²) in [6.45, 7) is 10.7. The highest BCUT2D eigenvalue weighted by Gasteiger charge is 2.07. The Balaban J connectivity index is 0.00000441. The number of hydrogen-bond donors (Lipinski definition) is 2. The molecule has 0 unspecified atom stereocenters. The van der Waals surface area contributed by atoms with Crippen molar-refractivity contribution in [1.29, 1.82) is 0 Å². The van der Waals surface area contributed by atoms with Crippen LogP contribution in [-0.4, -0.2) is 31.1 Å². The average Bonchev–Trinajstić information content (AvgIpc) is 2.95. The van der Waals surface area contributed by atoms with Crippen LogP contribution in [0.4, 0.5) is 0 Å². The maximum Gasteiger partial charge on any atom is 0.190 e. The number of hydrogen-bond acceptors (Lipinski definition) is 3. The molecule has 0 aliphatic heterocycles. The average molecular weight is 438 g/mol. The van der Waals surface area contributed by atoms with E-state index in [0.717, 1.165) is 31.4 Å². The van der Waals surface area contributed by atoms with E-state index in [-0.39, 0.29) is 24.0 Å². The number of nitrogens with one attached hydrogen (secondary N) is 2. The van der Waals surface area contributed by atoms with Crippen LogP contribution in [0.15, 0.2) is 10.4 Å². The summed E-state index contributed by atoms with van der Waals surface area (Å²) < 4.78 is 0. The van der Waals surface area contributed by atoms with E-state index < -0.39 is 0 Å². The number of aliphatic imine (C=N–C) groups is 1. The molecule has 1 rings (SSSR count). The zero-order valence-corrected chi connectivity index (χ0v) is 17.6. The first-order chi connectivity index (χ1) is 10.1. The standard InChI is InChI=1S/C16H30N4S.HI/c1-6-13(7-2)10-19-16(17-5)18-9-8-14-11-21-15(20-14)12(3)4;/h11-13H,6-10H2,1-5H3,(H2,17,18,19);1H. The van der Waals surface area contributed by atoms with E-state index in [0.29, 0.717) is 5.92 Å². The third kappa shape index (κ3) is 7.76. The summed E-state index contributed by atoms with van der Waals surface area (Å²) in [7, 11) is 1.82. The van der Waals surface area contributed by atoms with Crippen LogP contribution in [0.2, 0.25) is 0 Å². The van der Waals surface area contributed by atoms with Crippen LogP contribution in [0.3, 0.4) is 0 Å². The summed E-state index contributed by atoms with van der Waals surface area (Å²) in [6.07, 6.45) is 3.35. The Morgan fingerprint density at radius 2 is 1.95 bits per heavy atom. The molecular weight excluding hydrogens is 407 g/mol. The first-order valence-corrected chi connectivity index (χ1v) is 8.87. The summed E-state index contributed by atoms with van der Waals surface area (Å²) in [5.74, 6) is 2.13. The van der Waals surface area contributed by atoms with Gasteiger partial charge in [-0.3, -0.25) is 4.99 Å². The Morgan fingerprint density at radius 3 is 2.45 bits per heavy atom. The van der Waals surface area contributed by atoms with Crippen molar-refractivity contribution in [2.24, 2.45) is 10.9 Å². The molecule has 2 N–H and O–H groups in total. The third-order valence-corrected chi connectivity index (χ3v) is 4.87. The van der Waals surface area contributed by atoms with Crippen molar-refractivity contribution in [3.8, 4) is 0 Å². The molecule has 4 nitrogen and oxygen atoms in total. The number of nitrogens with zero attached hydrogens (tertiary/aromatic N) is 2. The number of guanidine groups is 1. The Bertz CT molecular complexity index is 428. The van der Waals surface area contributed by atoms with Gasteiger partial charge in [0.15, 0.2) is 5.96 Å². The molecule has 0 atom stereocenters. The molecule has 6 heteroatoms. The third-order valence-electron chi connectivity index (χ3n) is 3.67. The SMILES string of the molecule is CCC(CC)CNC(=NC)NCCc1csc(C(C)C)n1.I. The normalized spacial score (nSPS) is 11.7. The summed E-state index contributed by atoms with van der Waals surface area (Å²) >= 11 is 1.76. The Kier molecular flexibility index (Phi) is 11.9. The smallest absolute Gasteiger partial charge is 0.190 e. The maximum atomic E-state index is 4.65. The number of aromatic nitrogens is 1. The first-order valence-electron chi connectivity index (χ1n) is 7.99. The molecule has 0 spiro atoms. The minimum Gasteiger partial charge on any atom is -0.356 e. The van der Waals surface area contributed by atoms with Gasteiger partial charge in [-0.15, -0.1) is 35.3 Å². The molecule has 22 heavy (non-hydrogen) atoms. The molecule has 128 valence electrons. The van der Waals surface area contributed by atoms with Gasteiger partial charge in [0.1, 0.15) is 0 Å². The molecule has 1 heterocycles. The number of halogens is 1. The van der Waals surface area contributed by atoms with Gasteiger partial charge in [0, 0.05) is 37.9 Å². The van der Waals surface area contributed by atoms with E-state index in [1.807, 2.05) is 7.05 Å². The fraction of sp³-hybridized carbons (Fsp3) is 0.750. The number of thiazole rings is 1. The topological polar surface area (TPSA) is 49.3 Å². The van der Waals surface area contributed by atoms with Crippen LogP contribution in [0.25, 0.3) is 0 Å². The molecule has 0 aromatic carbocycles. The summed E-state index contributed by atoms with van der Waals surface area (Å²) in [5.41, 5.74) is 1.17. The van der Waals surface area contributed by atoms with Crippen LogP contribution in [0, 0.1) is 5.92 Å². The molecule has 0 radical (unpaired) electrons. The van der Waals surface area contributed by atoms with E-state index in [4.69, 9.17) is 0 Å². The van der Waals surface area contributed by atoms with Gasteiger partial charge in [-0.25, -0.2) is 4.98 Å². The first kappa shape index (κ1) is 21.6. The largest absolute Gasteiger partial charge is 0.356 e. The van der Waals surface area contributed by atoms with Gasteiger partial charge >= 0.3 is 0 Å². The van der Waals surface area contributed by atoms with E-state index in [1.54, 1.807) is 11.3 Å². The van der Waals surface area contributed by atoms with E-state index in [1.165, 1.54) is 23.5 Å². The minimum atomic E-state index is 0. The molecule has 0 saturated carbocycles. The highest BCUT2D eigenvalue weighted by atomic mass is 127. The predicted molar refractivity (Wildman–Crippen MR) is 109 cm³/mol. The molecule has 1 aromatic heterocycles. The van der Waals surface area contributed by atoms with Gasteiger partial charge < -0.3 is 10.6 Å². The van der Waals surface area contributed by atoms with E-state index >= 15 is 0 Å². The molecule has 0 saturated heterocycles. The summed E-state index contributed by atoms with van der Waals surface area (Å²) in [6, 6.07) is 0. The van der Waals surface area contributed by atoms with Gasteiger partial charge in [0.2, 0.25) is 0 Å². The molecule has 0 aliphatic carbocycles. The lowest BCUT2D eigenvalue weighted by atomic mass is 10.0. The Labute approximate surface area is 156 Å². The van der Waals surface area contributed by atoms with Crippen molar-refractivity contribution in [3.63, 3.8) is 0 Å². The van der Waals surface area contributed by atoms with Crippen molar-refractivity contribution in [1.82, 2.24) is 15.6 Å². The molecule has 1 aromatic rings. The van der Waals surface area contributed by atoms with Gasteiger partial charge in [-0.05, 0) is 5.92 Å². The maximum absolute atomic E-state index is 4.65. The fourth-order valence-corrected chi connectivity index (χ4v) is 2.92.